The molecule has 13 heteroatoms. The van der Waals surface area contributed by atoms with Crippen LogP contribution in [-0.2, 0) is 38.1 Å². The minimum atomic E-state index is -0.814. The minimum Gasteiger partial charge on any atom is -0.459 e. The molecule has 0 unspecified atom stereocenters. The summed E-state index contributed by atoms with van der Waals surface area (Å²) >= 11 is 2.08. The highest BCUT2D eigenvalue weighted by Gasteiger charge is 2.59. The molecule has 5 saturated heterocycles. The lowest BCUT2D eigenvalue weighted by atomic mass is 9.72. The standard InChI is InChI=1S/C35H50IN3O9/c1-21(6-9-28-22(2)12-27(24(4)47-28)37-30(41)11-8-23(3)46-25(5)40)7-10-29-33(44)35(20-45-35)14-26(48-29)13-31(42)38-16-34(17-38)18-39(19-34)32(43)15-36/h6-8,10-11,22-24,26-29,33,44H,9,12-20H2,1-5H3,(H,37,41)/t22-,23-,24+,26+,27+,28-,29+,33+,35+/m0/s1. The van der Waals surface area contributed by atoms with Crippen LogP contribution in [0.5, 0.6) is 0 Å². The van der Waals surface area contributed by atoms with Crippen LogP contribution in [0.3, 0.4) is 0 Å². The van der Waals surface area contributed by atoms with Crippen molar-refractivity contribution < 1.29 is 43.2 Å². The highest BCUT2D eigenvalue weighted by Crippen LogP contribution is 2.45. The van der Waals surface area contributed by atoms with Gasteiger partial charge < -0.3 is 39.2 Å². The Hall–Kier alpha value is -2.33. The number of esters is 1. The number of aliphatic hydroxyl groups is 1. The van der Waals surface area contributed by atoms with Crippen molar-refractivity contribution in [3.05, 3.63) is 36.0 Å². The number of aliphatic hydroxyl groups excluding tert-OH is 1. The topological polar surface area (TPSA) is 147 Å². The van der Waals surface area contributed by atoms with E-state index in [4.69, 9.17) is 18.9 Å². The first-order valence-electron chi connectivity index (χ1n) is 17.0. The first kappa shape index (κ1) is 36.9. The fourth-order valence-electron chi connectivity index (χ4n) is 7.37. The number of allylic oxidation sites excluding steroid dienone is 2. The van der Waals surface area contributed by atoms with E-state index in [1.165, 1.54) is 13.0 Å². The molecule has 5 fully saturated rings. The average molecular weight is 784 g/mol. The molecular formula is C35H50IN3O9. The summed E-state index contributed by atoms with van der Waals surface area (Å²) in [7, 11) is 0. The number of alkyl halides is 1. The molecule has 0 aromatic heterocycles. The van der Waals surface area contributed by atoms with Crippen molar-refractivity contribution in [1.82, 2.24) is 15.1 Å². The van der Waals surface area contributed by atoms with Gasteiger partial charge in [-0.1, -0.05) is 53.3 Å². The Balaban J connectivity index is 1.07. The number of carbonyl (C=O) groups is 4. The Morgan fingerprint density at radius 3 is 2.35 bits per heavy atom. The molecule has 266 valence electrons. The molecule has 5 aliphatic heterocycles. The molecule has 5 aliphatic rings. The monoisotopic (exact) mass is 783 g/mol. The van der Waals surface area contributed by atoms with Gasteiger partial charge in [-0.15, -0.1) is 0 Å². The predicted molar refractivity (Wildman–Crippen MR) is 185 cm³/mol. The Morgan fingerprint density at radius 2 is 1.73 bits per heavy atom. The highest BCUT2D eigenvalue weighted by atomic mass is 127. The first-order chi connectivity index (χ1) is 22.7. The van der Waals surface area contributed by atoms with Gasteiger partial charge in [0.1, 0.15) is 23.9 Å². The number of hydrogen-bond donors (Lipinski definition) is 2. The van der Waals surface area contributed by atoms with Crippen LogP contribution in [0.25, 0.3) is 0 Å². The Bertz CT molecular complexity index is 1320. The van der Waals surface area contributed by atoms with Gasteiger partial charge in [0.2, 0.25) is 17.7 Å². The van der Waals surface area contributed by atoms with E-state index < -0.39 is 29.9 Å². The van der Waals surface area contributed by atoms with Crippen LogP contribution in [0, 0.1) is 11.3 Å². The van der Waals surface area contributed by atoms with Crippen molar-refractivity contribution in [2.45, 2.75) is 109 Å². The van der Waals surface area contributed by atoms with E-state index in [1.54, 1.807) is 13.0 Å². The van der Waals surface area contributed by atoms with Gasteiger partial charge in [-0.05, 0) is 45.6 Å². The van der Waals surface area contributed by atoms with E-state index in [0.717, 1.165) is 25.1 Å². The molecule has 2 N–H and O–H groups in total. The third-order valence-corrected chi connectivity index (χ3v) is 10.9. The van der Waals surface area contributed by atoms with Crippen molar-refractivity contribution in [3.8, 4) is 0 Å². The lowest BCUT2D eigenvalue weighted by Crippen LogP contribution is -2.73. The largest absolute Gasteiger partial charge is 0.459 e. The molecule has 0 aliphatic carbocycles. The molecule has 9 atom stereocenters. The Kier molecular flexibility index (Phi) is 11.8. The average Bonchev–Trinajstić information content (AvgIpc) is 3.76. The number of nitrogens with one attached hydrogen (secondary N) is 1. The van der Waals surface area contributed by atoms with Crippen molar-refractivity contribution in [1.29, 1.82) is 0 Å². The number of halogens is 1. The fourth-order valence-corrected chi connectivity index (χ4v) is 7.86. The van der Waals surface area contributed by atoms with Crippen LogP contribution in [0.1, 0.15) is 60.3 Å². The van der Waals surface area contributed by atoms with Crippen molar-refractivity contribution in [2.75, 3.05) is 37.2 Å². The van der Waals surface area contributed by atoms with Crippen molar-refractivity contribution in [3.63, 3.8) is 0 Å². The second-order valence-electron chi connectivity index (χ2n) is 14.5. The summed E-state index contributed by atoms with van der Waals surface area (Å²) in [5.41, 5.74) is 0.393. The third-order valence-electron chi connectivity index (χ3n) is 10.3. The molecule has 0 radical (unpaired) electrons. The van der Waals surface area contributed by atoms with E-state index >= 15 is 0 Å². The van der Waals surface area contributed by atoms with Crippen LogP contribution < -0.4 is 5.32 Å². The van der Waals surface area contributed by atoms with E-state index in [1.807, 2.05) is 35.8 Å². The quantitative estimate of drug-likeness (QED) is 0.0807. The molecule has 0 saturated carbocycles. The Labute approximate surface area is 296 Å². The Morgan fingerprint density at radius 1 is 1.06 bits per heavy atom. The van der Waals surface area contributed by atoms with Crippen LogP contribution in [-0.4, -0.2) is 124 Å². The summed E-state index contributed by atoms with van der Waals surface area (Å²) < 4.78 is 23.8. The van der Waals surface area contributed by atoms with Gasteiger partial charge in [-0.3, -0.25) is 19.2 Å². The van der Waals surface area contributed by atoms with E-state index in [-0.39, 0.29) is 59.8 Å². The van der Waals surface area contributed by atoms with Gasteiger partial charge in [-0.2, -0.15) is 0 Å². The zero-order valence-corrected chi connectivity index (χ0v) is 30.7. The van der Waals surface area contributed by atoms with Gasteiger partial charge in [-0.25, -0.2) is 0 Å². The van der Waals surface area contributed by atoms with E-state index in [0.29, 0.717) is 37.0 Å². The third kappa shape index (κ3) is 8.87. The van der Waals surface area contributed by atoms with Crippen LogP contribution >= 0.6 is 22.6 Å². The summed E-state index contributed by atoms with van der Waals surface area (Å²) in [6, 6.07) is -0.133. The summed E-state index contributed by atoms with van der Waals surface area (Å²) in [5.74, 6) is -0.248. The van der Waals surface area contributed by atoms with Crippen molar-refractivity contribution in [2.24, 2.45) is 11.3 Å². The normalized spacial score (nSPS) is 35.0. The number of epoxide rings is 1. The first-order valence-corrected chi connectivity index (χ1v) is 18.5. The highest BCUT2D eigenvalue weighted by molar-refractivity contribution is 14.1. The number of likely N-dealkylation sites (tertiary alicyclic amines) is 2. The number of ether oxygens (including phenoxy) is 4. The summed E-state index contributed by atoms with van der Waals surface area (Å²) in [4.78, 5) is 52.2. The molecule has 0 bridgehead atoms. The molecule has 2 spiro atoms. The number of amides is 3. The lowest BCUT2D eigenvalue weighted by molar-refractivity contribution is -0.173. The number of hydrogen-bond acceptors (Lipinski definition) is 9. The van der Waals surface area contributed by atoms with Gasteiger partial charge in [0.25, 0.3) is 0 Å². The number of carbonyl (C=O) groups excluding carboxylic acids is 4. The van der Waals surface area contributed by atoms with Crippen LogP contribution in [0.2, 0.25) is 0 Å². The summed E-state index contributed by atoms with van der Waals surface area (Å²) in [6.07, 6.45) is 8.62. The zero-order chi connectivity index (χ0) is 34.8. The maximum absolute atomic E-state index is 13.1. The van der Waals surface area contributed by atoms with Gasteiger partial charge in [0.05, 0.1) is 41.8 Å². The van der Waals surface area contributed by atoms with Gasteiger partial charge in [0, 0.05) is 51.0 Å². The SMILES string of the molecule is CC(=O)O[C@@H](C)C=CC(=O)N[C@@H]1C[C@H](C)[C@H](CC=C(C)C=C[C@H]2O[C@H](CC(=O)N3CC4(CN(C(=O)CI)C4)C3)C[C@@]3(CO3)[C@@H]2O)O[C@@H]1C. The molecule has 0 aromatic rings. The molecule has 5 rings (SSSR count). The molecular weight excluding hydrogens is 733 g/mol. The maximum atomic E-state index is 13.1. The maximum Gasteiger partial charge on any atom is 0.303 e. The molecule has 5 heterocycles. The fraction of sp³-hybridized carbons (Fsp3) is 0.714. The number of nitrogens with zero attached hydrogens (tertiary/aromatic N) is 2. The summed E-state index contributed by atoms with van der Waals surface area (Å²) in [6.45, 7) is 12.3. The van der Waals surface area contributed by atoms with Crippen molar-refractivity contribution >= 4 is 46.3 Å². The van der Waals surface area contributed by atoms with Crippen LogP contribution in [0.15, 0.2) is 36.0 Å². The lowest BCUT2D eigenvalue weighted by Gasteiger charge is -2.60. The molecule has 3 amide bonds. The summed E-state index contributed by atoms with van der Waals surface area (Å²) in [5, 5.41) is 14.1. The molecule has 48 heavy (non-hydrogen) atoms. The smallest absolute Gasteiger partial charge is 0.303 e. The van der Waals surface area contributed by atoms with E-state index in [2.05, 4.69) is 40.9 Å². The second kappa shape index (κ2) is 15.3. The number of rotatable bonds is 11. The zero-order valence-electron chi connectivity index (χ0n) is 28.6. The van der Waals surface area contributed by atoms with E-state index in [9.17, 15) is 24.3 Å². The molecule has 12 nitrogen and oxygen atoms in total. The van der Waals surface area contributed by atoms with Gasteiger partial charge >= 0.3 is 5.97 Å². The molecule has 0 aromatic carbocycles. The predicted octanol–water partition coefficient (Wildman–Crippen LogP) is 2.47. The van der Waals surface area contributed by atoms with Gasteiger partial charge in [0.15, 0.2) is 0 Å². The second-order valence-corrected chi connectivity index (χ2v) is 15.2. The van der Waals surface area contributed by atoms with Crippen LogP contribution in [0.4, 0.5) is 0 Å². The minimum absolute atomic E-state index is 0.0125.